The molecule has 0 saturated carbocycles. The molecule has 23 N–H and O–H groups in total. The zero-order valence-corrected chi connectivity index (χ0v) is 82.6. The maximum atomic E-state index is 13.5. The molecule has 0 radical (unpaired) electrons. The third-order valence-corrected chi connectivity index (χ3v) is 29.3. The standard InChI is InChI=1S/C33H28N4O8S.C19H30N4O5S.C14H19N5O4S.C13H18N4O5S.C12H16N4O5S/c1-19(20-12-6-3-7-13-20)45-33(2)25(44-29(40)22-16-10-5-11-17-22)23(18-42-28(39)21-14-8-4-9-15-21)43-30(33)37-26-24(46-32(37)41)27(38)36-31(34)35-26;1-3-4-5-6-7-8-9-27-14-12(10-24)28-18(13(14)25)23-11(2)29-15-16(23)21-19(20)22-17(15)26;1-7-19(10-4-8(21)9(5-20)23-10)12-11(24-7)13(22)17-14(16-12)15-6-18(2)3;1-5-17(9-7(23-5)10(21)16-12(14)15-9)11-8(20)13(2,4-19)6(3-18)22-11;1-4-16(8-6(22-4)9(19)15-11(13)14-8)10-12(2,20)7(18)5(3-17)21-10/h3-17,23,25,30H,1,18H2,2H3,(H3,34,35,36,38);12-14,18,24-25H,2-10H2,1H3,(H3,20,21,22,26);6,8-10,20-21H,1,4-5H2,2-3H3,(H,16,17,22);6,8,11,18-20H,1,3-4H2,2H3,(H3,14,15,16,21);5,7,10,17-18,20H,1,3H2,2H3,(H3,13,14,15,19)/t23-,25-,30-,33-;12-,13-,14+,18-;8-,9+,10+;6-,8+,11-,13-;5-,7-,10-,12-/m11011/s1. The number of thioether (sulfide) groups is 4. The normalized spacial score (nSPS) is 26.9. The van der Waals surface area contributed by atoms with Gasteiger partial charge in [0.2, 0.25) is 29.7 Å². The van der Waals surface area contributed by atoms with Gasteiger partial charge in [0.15, 0.2) is 65.5 Å². The number of thiazole rings is 1. The number of hydrogen-bond donors (Lipinski definition) is 19. The van der Waals surface area contributed by atoms with Crippen molar-refractivity contribution in [2.24, 2.45) is 10.4 Å². The number of benzene rings is 3. The number of nitrogens with two attached hydrogens (primary N) is 4. The number of nitrogen functional groups attached to an aromatic ring is 4. The second-order valence-electron chi connectivity index (χ2n) is 34.8. The predicted octanol–water partition coefficient (Wildman–Crippen LogP) is 2.93. The van der Waals surface area contributed by atoms with E-state index < -0.39 is 155 Å². The van der Waals surface area contributed by atoms with E-state index >= 15 is 0 Å². The number of aliphatic hydroxyl groups excluding tert-OH is 9. The number of aliphatic hydroxyl groups is 10. The molecule has 6 aromatic heterocycles. The van der Waals surface area contributed by atoms with Crippen molar-refractivity contribution in [1.82, 2.24) is 59.3 Å². The van der Waals surface area contributed by atoms with Gasteiger partial charge in [-0.3, -0.25) is 77.9 Å². The van der Waals surface area contributed by atoms with Crippen LogP contribution in [0.2, 0.25) is 0 Å². The van der Waals surface area contributed by atoms with Crippen molar-refractivity contribution in [3.8, 4) is 0 Å². The van der Waals surface area contributed by atoms with Crippen LogP contribution in [0.4, 0.5) is 53.0 Å². The van der Waals surface area contributed by atoms with Gasteiger partial charge in [0, 0.05) is 38.1 Å². The van der Waals surface area contributed by atoms with Crippen LogP contribution in [0.25, 0.3) is 16.1 Å². The molecular weight excluding hydrogens is 1980 g/mol. The first-order valence-corrected chi connectivity index (χ1v) is 49.1. The van der Waals surface area contributed by atoms with E-state index in [2.05, 4.69) is 94.7 Å². The highest BCUT2D eigenvalue weighted by Crippen LogP contribution is 2.53. The summed E-state index contributed by atoms with van der Waals surface area (Å²) >= 11 is 5.13. The lowest BCUT2D eigenvalue weighted by Crippen LogP contribution is -2.52. The molecule has 53 heteroatoms. The molecule has 3 aromatic carbocycles. The molecule has 0 unspecified atom stereocenters. The van der Waals surface area contributed by atoms with Crippen LogP contribution in [0.3, 0.4) is 0 Å². The minimum Gasteiger partial charge on any atom is -0.479 e. The second-order valence-corrected chi connectivity index (χ2v) is 40.1. The Bertz CT molecular complexity index is 6660. The lowest BCUT2D eigenvalue weighted by Gasteiger charge is -2.36. The molecule has 19 atom stereocenters. The van der Waals surface area contributed by atoms with Crippen molar-refractivity contribution in [3.05, 3.63) is 222 Å². The minimum absolute atomic E-state index is 0.00354. The first-order valence-electron chi connectivity index (χ1n) is 45.0. The van der Waals surface area contributed by atoms with Crippen LogP contribution in [-0.2, 0) is 42.6 Å². The topological polar surface area (TPSA) is 703 Å². The van der Waals surface area contributed by atoms with Gasteiger partial charge in [0.05, 0.1) is 82.8 Å². The van der Waals surface area contributed by atoms with E-state index in [1.807, 2.05) is 20.2 Å². The van der Waals surface area contributed by atoms with Crippen molar-refractivity contribution < 1.29 is 103 Å². The molecule has 5 saturated heterocycles. The van der Waals surface area contributed by atoms with Gasteiger partial charge in [-0.2, -0.15) is 24.9 Å². The Morgan fingerprint density at radius 2 is 1.03 bits per heavy atom. The molecule has 9 aliphatic heterocycles. The largest absolute Gasteiger partial charge is 0.479 e. The van der Waals surface area contributed by atoms with E-state index in [1.54, 1.807) is 113 Å². The van der Waals surface area contributed by atoms with Crippen LogP contribution in [0, 0.1) is 5.41 Å². The molecule has 9 aliphatic rings. The number of H-pyrrole nitrogens is 5. The lowest BCUT2D eigenvalue weighted by molar-refractivity contribution is -0.0965. The van der Waals surface area contributed by atoms with E-state index in [-0.39, 0.29) is 119 Å². The van der Waals surface area contributed by atoms with Crippen LogP contribution in [-0.4, -0.2) is 292 Å². The number of hydrogen-bond acceptors (Lipinski definition) is 46. The average molecular weight is 2090 g/mol. The zero-order valence-electron chi connectivity index (χ0n) is 78.5. The Balaban J connectivity index is 0.000000148. The van der Waals surface area contributed by atoms with Crippen LogP contribution in [0.1, 0.15) is 105 Å². The van der Waals surface area contributed by atoms with Gasteiger partial charge in [-0.15, -0.1) is 0 Å². The SMILES string of the molecule is C=C(O[C@]1(C)[C@H](OC(=O)c2ccccc2)[C@@H](COC(=O)c2ccccc2)O[C@H]1n1c(=O)sc2c(=O)[nH]c(N)nc21)c1ccccc1.C=C1Sc2c(nc(N)[nH]c2=O)N1[C@@H]1O[C@H](CO)[C@@H](O)[C@@]1(C)O.C=C1Sc2c(nc(N)[nH]c2=O)N1[C@@H]1O[C@H](CO)[C@@](C)(CO)[C@H]1O.C=C1Sc2c(nc(N)[nH]c2=O)N1[C@@H]1O[C@H](CO)[C@H](OCCCCCCCC)[C@H]1O.C=C1Sc2c(nc(N=CN(C)C)[nH]c2=O)N1[C@H]1C[C@H](O)[C@@H](CO)O1. The van der Waals surface area contributed by atoms with E-state index in [1.165, 1.54) is 54.1 Å². The third-order valence-electron chi connectivity index (χ3n) is 24.4. The summed E-state index contributed by atoms with van der Waals surface area (Å²) in [6.07, 6.45) is -6.64. The predicted molar refractivity (Wildman–Crippen MR) is 535 cm³/mol. The maximum Gasteiger partial charge on any atom is 0.338 e. The second kappa shape index (κ2) is 45.6. The molecule has 144 heavy (non-hydrogen) atoms. The molecule has 5 fully saturated rings. The van der Waals surface area contributed by atoms with Crippen molar-refractivity contribution in [1.29, 1.82) is 0 Å². The first kappa shape index (κ1) is 108. The minimum atomic E-state index is -1.70. The van der Waals surface area contributed by atoms with Crippen molar-refractivity contribution in [3.63, 3.8) is 0 Å². The molecule has 15 heterocycles. The summed E-state index contributed by atoms with van der Waals surface area (Å²) in [5, 5.41) is 101. The van der Waals surface area contributed by atoms with E-state index in [4.69, 9.17) is 65.6 Å². The smallest absolute Gasteiger partial charge is 0.338 e. The van der Waals surface area contributed by atoms with E-state index in [0.29, 0.717) is 75.5 Å². The lowest BCUT2D eigenvalue weighted by atomic mass is 9.81. The number of esters is 2. The number of aromatic nitrogens is 11. The fourth-order valence-corrected chi connectivity index (χ4v) is 21.4. The molecule has 772 valence electrons. The zero-order chi connectivity index (χ0) is 104. The van der Waals surface area contributed by atoms with Gasteiger partial charge in [-0.1, -0.05) is 204 Å². The van der Waals surface area contributed by atoms with Gasteiger partial charge in [0.25, 0.3) is 27.8 Å². The van der Waals surface area contributed by atoms with Gasteiger partial charge in [-0.05, 0) is 44.5 Å². The number of rotatable bonds is 28. The molecule has 18 rings (SSSR count). The Labute approximate surface area is 840 Å². The van der Waals surface area contributed by atoms with E-state index in [9.17, 15) is 89.4 Å². The van der Waals surface area contributed by atoms with Gasteiger partial charge < -0.3 is 122 Å². The molecule has 9 aromatic rings. The summed E-state index contributed by atoms with van der Waals surface area (Å²) < 4.78 is 54.4. The Kier molecular flexibility index (Phi) is 34.1. The van der Waals surface area contributed by atoms with Crippen LogP contribution in [0.15, 0.2) is 197 Å². The number of anilines is 8. The van der Waals surface area contributed by atoms with Crippen LogP contribution in [0.5, 0.6) is 0 Å². The maximum absolute atomic E-state index is 13.5. The molecule has 0 bridgehead atoms. The Hall–Kier alpha value is -12.2. The fraction of sp³-hybridized carbons (Fsp3) is 0.429. The van der Waals surface area contributed by atoms with Crippen molar-refractivity contribution >= 4 is 146 Å². The molecule has 48 nitrogen and oxygen atoms in total. The Morgan fingerprint density at radius 3 is 1.55 bits per heavy atom. The van der Waals surface area contributed by atoms with Crippen LogP contribution >= 0.6 is 58.4 Å². The number of carbonyl (C=O) groups is 2. The van der Waals surface area contributed by atoms with Crippen LogP contribution < -0.4 is 75.2 Å². The quantitative estimate of drug-likeness (QED) is 0.0110. The van der Waals surface area contributed by atoms with Gasteiger partial charge >= 0.3 is 16.8 Å². The highest BCUT2D eigenvalue weighted by molar-refractivity contribution is 8.04. The Morgan fingerprint density at radius 1 is 0.556 bits per heavy atom. The number of unbranched alkanes of at least 4 members (excludes halogenated alkanes) is 5. The number of nitrogens with one attached hydrogen (secondary N) is 5. The highest BCUT2D eigenvalue weighted by atomic mass is 32.2. The molecular formula is C91H111N21O27S5. The number of carbonyl (C=O) groups excluding carboxylic acids is 2. The molecule has 0 amide bonds. The van der Waals surface area contributed by atoms with Crippen molar-refractivity contribution in [2.45, 2.75) is 202 Å². The van der Waals surface area contributed by atoms with E-state index in [0.717, 1.165) is 59.1 Å². The summed E-state index contributed by atoms with van der Waals surface area (Å²) in [6, 6.07) is 25.6. The highest BCUT2D eigenvalue weighted by Gasteiger charge is 2.63. The summed E-state index contributed by atoms with van der Waals surface area (Å²) in [7, 11) is 3.61. The fourth-order valence-electron chi connectivity index (χ4n) is 17.0. The summed E-state index contributed by atoms with van der Waals surface area (Å²) in [4.78, 5) is 147. The third kappa shape index (κ3) is 22.3. The van der Waals surface area contributed by atoms with Crippen molar-refractivity contribution in [2.75, 3.05) is 103 Å². The molecule has 0 aliphatic carbocycles. The number of fused-ring (bicyclic) bond motifs is 5. The first-order chi connectivity index (χ1) is 68.6. The summed E-state index contributed by atoms with van der Waals surface area (Å²) in [5.41, 5.74) is 17.2. The van der Waals surface area contributed by atoms with Gasteiger partial charge in [-0.25, -0.2) is 14.6 Å². The summed E-state index contributed by atoms with van der Waals surface area (Å²) in [6.45, 7) is 24.8. The number of aliphatic imine (C=N–C) groups is 1. The number of ether oxygens (including phenoxy) is 9. The number of aromatic amines is 5. The summed E-state index contributed by atoms with van der Waals surface area (Å²) in [5.74, 6) is -0.277. The monoisotopic (exact) mass is 2090 g/mol. The average Bonchev–Trinajstić information content (AvgIpc) is 1.60. The molecule has 0 spiro atoms. The number of nitrogens with zero attached hydrogens (tertiary/aromatic N) is 12. The van der Waals surface area contributed by atoms with Gasteiger partial charge in [0.1, 0.15) is 97.3 Å².